The van der Waals surface area contributed by atoms with Gasteiger partial charge in [-0.3, -0.25) is 0 Å². The van der Waals surface area contributed by atoms with E-state index >= 15 is 0 Å². The minimum absolute atomic E-state index is 0. The van der Waals surface area contributed by atoms with Gasteiger partial charge in [0.2, 0.25) is 5.88 Å². The molecule has 172 valence electrons. The first-order valence-electron chi connectivity index (χ1n) is 11.2. The average molecular weight is 635 g/mol. The van der Waals surface area contributed by atoms with Crippen LogP contribution in [0.5, 0.6) is 11.6 Å². The Bertz CT molecular complexity index is 1670. The van der Waals surface area contributed by atoms with Crippen LogP contribution in [-0.2, 0) is 21.1 Å². The summed E-state index contributed by atoms with van der Waals surface area (Å²) in [5.41, 5.74) is 6.19. The molecule has 35 heavy (non-hydrogen) atoms. The SMILES string of the molecule is Cc1ccnc(Oc2[c-]c(-c3[c-]c4c(cc3)c3ccccc3n4-c3cc(C)ccn3)ccc2)c1.[Pt+2]. The third kappa shape index (κ3) is 4.38. The summed E-state index contributed by atoms with van der Waals surface area (Å²) in [5.74, 6) is 2.05. The normalized spacial score (nSPS) is 10.9. The van der Waals surface area contributed by atoms with Crippen LogP contribution in [0, 0.1) is 26.0 Å². The van der Waals surface area contributed by atoms with E-state index in [1.54, 1.807) is 6.20 Å². The Hall–Kier alpha value is -3.75. The van der Waals surface area contributed by atoms with Crippen molar-refractivity contribution in [3.63, 3.8) is 0 Å². The molecule has 5 heteroatoms. The molecule has 0 spiro atoms. The number of aryl methyl sites for hydroxylation is 2. The van der Waals surface area contributed by atoms with Gasteiger partial charge in [0.05, 0.1) is 0 Å². The Morgan fingerprint density at radius 1 is 0.714 bits per heavy atom. The maximum Gasteiger partial charge on any atom is 2.00 e. The maximum atomic E-state index is 5.97. The molecule has 0 fully saturated rings. The van der Waals surface area contributed by atoms with Gasteiger partial charge in [0.1, 0.15) is 5.82 Å². The molecule has 3 aromatic carbocycles. The van der Waals surface area contributed by atoms with Gasteiger partial charge in [-0.1, -0.05) is 23.6 Å². The summed E-state index contributed by atoms with van der Waals surface area (Å²) in [4.78, 5) is 8.96. The molecule has 0 unspecified atom stereocenters. The number of aromatic nitrogens is 3. The zero-order valence-corrected chi connectivity index (χ0v) is 21.5. The van der Waals surface area contributed by atoms with Gasteiger partial charge >= 0.3 is 21.1 Å². The molecule has 6 aromatic rings. The quantitative estimate of drug-likeness (QED) is 0.192. The molecule has 3 heterocycles. The van der Waals surface area contributed by atoms with E-state index in [-0.39, 0.29) is 21.1 Å². The van der Waals surface area contributed by atoms with Crippen molar-refractivity contribution in [2.24, 2.45) is 0 Å². The Balaban J connectivity index is 0.00000253. The van der Waals surface area contributed by atoms with Crippen LogP contribution >= 0.6 is 0 Å². The summed E-state index contributed by atoms with van der Waals surface area (Å²) in [5, 5.41) is 2.31. The van der Waals surface area contributed by atoms with E-state index in [4.69, 9.17) is 4.74 Å². The molecule has 0 aliphatic rings. The third-order valence-corrected chi connectivity index (χ3v) is 5.88. The second-order valence-corrected chi connectivity index (χ2v) is 8.38. The number of hydrogen-bond acceptors (Lipinski definition) is 3. The standard InChI is InChI=1S/C30H21N3O.Pt/c1-20-12-14-31-29(16-20)33-27-9-4-3-8-25(27)26-11-10-23(19-28(26)33)22-6-5-7-24(18-22)34-30-17-21(2)13-15-32-30;/h3-17H,1-2H3;/q-2;+2. The Kier molecular flexibility index (Phi) is 6.23. The van der Waals surface area contributed by atoms with E-state index < -0.39 is 0 Å². The van der Waals surface area contributed by atoms with Crippen molar-refractivity contribution in [1.29, 1.82) is 0 Å². The van der Waals surface area contributed by atoms with Gasteiger partial charge in [-0.2, -0.15) is 24.3 Å². The minimum atomic E-state index is 0. The van der Waals surface area contributed by atoms with Crippen molar-refractivity contribution in [1.82, 2.24) is 14.5 Å². The molecule has 0 atom stereocenters. The summed E-state index contributed by atoms with van der Waals surface area (Å²) in [6.45, 7) is 4.10. The number of nitrogens with zero attached hydrogens (tertiary/aromatic N) is 3. The fourth-order valence-corrected chi connectivity index (χ4v) is 4.27. The van der Waals surface area contributed by atoms with E-state index in [0.717, 1.165) is 44.5 Å². The van der Waals surface area contributed by atoms with Crippen LogP contribution in [0.4, 0.5) is 0 Å². The van der Waals surface area contributed by atoms with Crippen molar-refractivity contribution in [3.8, 4) is 28.6 Å². The van der Waals surface area contributed by atoms with Gasteiger partial charge in [-0.15, -0.1) is 18.2 Å². The molecular formula is C30H21N3OPt. The predicted octanol–water partition coefficient (Wildman–Crippen LogP) is 7.25. The molecule has 0 saturated carbocycles. The van der Waals surface area contributed by atoms with Crippen molar-refractivity contribution in [2.45, 2.75) is 13.8 Å². The van der Waals surface area contributed by atoms with Gasteiger partial charge in [-0.05, 0) is 60.1 Å². The number of pyridine rings is 2. The molecule has 0 N–H and O–H groups in total. The molecule has 6 rings (SSSR count). The number of benzene rings is 3. The molecule has 3 aromatic heterocycles. The first-order chi connectivity index (χ1) is 16.7. The van der Waals surface area contributed by atoms with Crippen LogP contribution in [-0.4, -0.2) is 14.5 Å². The zero-order chi connectivity index (χ0) is 23.1. The predicted molar refractivity (Wildman–Crippen MR) is 135 cm³/mol. The zero-order valence-electron chi connectivity index (χ0n) is 19.2. The van der Waals surface area contributed by atoms with Crippen LogP contribution < -0.4 is 4.74 Å². The number of para-hydroxylation sites is 1. The van der Waals surface area contributed by atoms with Crippen molar-refractivity contribution in [2.75, 3.05) is 0 Å². The smallest absolute Gasteiger partial charge is 0.460 e. The first-order valence-corrected chi connectivity index (χ1v) is 11.2. The monoisotopic (exact) mass is 634 g/mol. The molecule has 0 radical (unpaired) electrons. The Morgan fingerprint density at radius 3 is 2.31 bits per heavy atom. The number of fused-ring (bicyclic) bond motifs is 3. The van der Waals surface area contributed by atoms with Crippen LogP contribution in [0.1, 0.15) is 11.1 Å². The largest absolute Gasteiger partial charge is 2.00 e. The second kappa shape index (κ2) is 9.48. The van der Waals surface area contributed by atoms with Gasteiger partial charge < -0.3 is 9.30 Å². The summed E-state index contributed by atoms with van der Waals surface area (Å²) in [6.07, 6.45) is 3.59. The van der Waals surface area contributed by atoms with Crippen LogP contribution in [0.25, 0.3) is 38.8 Å². The van der Waals surface area contributed by atoms with E-state index in [1.807, 2.05) is 49.5 Å². The molecule has 0 bridgehead atoms. The van der Waals surface area contributed by atoms with E-state index in [9.17, 15) is 0 Å². The molecular weight excluding hydrogens is 613 g/mol. The van der Waals surface area contributed by atoms with E-state index in [1.165, 1.54) is 5.39 Å². The molecule has 0 aliphatic carbocycles. The average Bonchev–Trinajstić information content (AvgIpc) is 3.18. The van der Waals surface area contributed by atoms with E-state index in [2.05, 4.69) is 76.1 Å². The van der Waals surface area contributed by atoms with Gasteiger partial charge in [0.15, 0.2) is 0 Å². The van der Waals surface area contributed by atoms with Gasteiger partial charge in [0, 0.05) is 29.7 Å². The van der Waals surface area contributed by atoms with Crippen molar-refractivity contribution >= 4 is 21.8 Å². The van der Waals surface area contributed by atoms with Crippen molar-refractivity contribution < 1.29 is 25.8 Å². The van der Waals surface area contributed by atoms with Crippen LogP contribution in [0.15, 0.2) is 91.3 Å². The topological polar surface area (TPSA) is 39.9 Å². The van der Waals surface area contributed by atoms with Gasteiger partial charge in [0.25, 0.3) is 0 Å². The molecule has 4 nitrogen and oxygen atoms in total. The van der Waals surface area contributed by atoms with Crippen LogP contribution in [0.2, 0.25) is 0 Å². The Labute approximate surface area is 218 Å². The maximum absolute atomic E-state index is 5.97. The first kappa shape index (κ1) is 23.0. The van der Waals surface area contributed by atoms with Crippen molar-refractivity contribution in [3.05, 3.63) is 115 Å². The summed E-state index contributed by atoms with van der Waals surface area (Å²) in [6, 6.07) is 33.5. The summed E-state index contributed by atoms with van der Waals surface area (Å²) < 4.78 is 8.15. The summed E-state index contributed by atoms with van der Waals surface area (Å²) in [7, 11) is 0. The number of rotatable bonds is 4. The van der Waals surface area contributed by atoms with E-state index in [0.29, 0.717) is 11.6 Å². The Morgan fingerprint density at radius 2 is 1.49 bits per heavy atom. The molecule has 0 aliphatic heterocycles. The minimum Gasteiger partial charge on any atom is -0.460 e. The second-order valence-electron chi connectivity index (χ2n) is 8.38. The fourth-order valence-electron chi connectivity index (χ4n) is 4.27. The molecule has 0 saturated heterocycles. The van der Waals surface area contributed by atoms with Crippen LogP contribution in [0.3, 0.4) is 0 Å². The number of hydrogen-bond donors (Lipinski definition) is 0. The summed E-state index contributed by atoms with van der Waals surface area (Å²) >= 11 is 0. The number of ether oxygens (including phenoxy) is 1. The van der Waals surface area contributed by atoms with Gasteiger partial charge in [-0.25, -0.2) is 21.1 Å². The molecule has 0 amide bonds. The third-order valence-electron chi connectivity index (χ3n) is 5.88. The fraction of sp³-hybridized carbons (Fsp3) is 0.0667.